The lowest BCUT2D eigenvalue weighted by molar-refractivity contribution is -0.137. The average molecular weight is 389 g/mol. The Labute approximate surface area is 167 Å². The highest BCUT2D eigenvalue weighted by Gasteiger charge is 2.42. The van der Waals surface area contributed by atoms with E-state index in [4.69, 9.17) is 4.74 Å². The van der Waals surface area contributed by atoms with Crippen molar-refractivity contribution in [2.45, 2.75) is 84.8 Å². The molecule has 0 spiro atoms. The van der Waals surface area contributed by atoms with Gasteiger partial charge in [-0.2, -0.15) is 0 Å². The summed E-state index contributed by atoms with van der Waals surface area (Å²) in [6.07, 6.45) is 5.99. The molecule has 1 heterocycles. The summed E-state index contributed by atoms with van der Waals surface area (Å²) in [5.74, 6) is -0.316. The Morgan fingerprint density at radius 1 is 1.14 bits per heavy atom. The summed E-state index contributed by atoms with van der Waals surface area (Å²) in [5, 5.41) is 0. The predicted molar refractivity (Wildman–Crippen MR) is 107 cm³/mol. The minimum atomic E-state index is -0.517. The summed E-state index contributed by atoms with van der Waals surface area (Å²) in [7, 11) is 1.35. The molecular formula is C22H32N2O4. The van der Waals surface area contributed by atoms with Crippen LogP contribution in [-0.4, -0.2) is 46.3 Å². The van der Waals surface area contributed by atoms with Crippen LogP contribution >= 0.6 is 0 Å². The largest absolute Gasteiger partial charge is 0.464 e. The van der Waals surface area contributed by atoms with Crippen molar-refractivity contribution in [2.24, 2.45) is 5.92 Å². The third-order valence-corrected chi connectivity index (χ3v) is 6.40. The highest BCUT2D eigenvalue weighted by molar-refractivity contribution is 6.06. The normalized spacial score (nSPS) is 18.2. The van der Waals surface area contributed by atoms with Crippen LogP contribution in [0.1, 0.15) is 84.5 Å². The lowest BCUT2D eigenvalue weighted by Gasteiger charge is -2.31. The van der Waals surface area contributed by atoms with Crippen LogP contribution in [0.4, 0.5) is 0 Å². The van der Waals surface area contributed by atoms with E-state index in [9.17, 15) is 14.4 Å². The molecule has 6 heteroatoms. The van der Waals surface area contributed by atoms with Crippen molar-refractivity contribution in [1.29, 1.82) is 0 Å². The summed E-state index contributed by atoms with van der Waals surface area (Å²) < 4.78 is 6.77. The summed E-state index contributed by atoms with van der Waals surface area (Å²) in [4.78, 5) is 40.8. The van der Waals surface area contributed by atoms with Gasteiger partial charge in [0.15, 0.2) is 5.78 Å². The zero-order valence-corrected chi connectivity index (χ0v) is 17.7. The van der Waals surface area contributed by atoms with Crippen LogP contribution < -0.4 is 0 Å². The number of amides is 1. The van der Waals surface area contributed by atoms with E-state index in [2.05, 4.69) is 0 Å². The molecule has 2 saturated carbocycles. The van der Waals surface area contributed by atoms with Crippen LogP contribution in [0.2, 0.25) is 0 Å². The van der Waals surface area contributed by atoms with Gasteiger partial charge in [0, 0.05) is 29.8 Å². The molecule has 0 bridgehead atoms. The Bertz CT molecular complexity index is 785. The highest BCUT2D eigenvalue weighted by Crippen LogP contribution is 2.36. The van der Waals surface area contributed by atoms with Crippen molar-refractivity contribution in [3.05, 3.63) is 22.5 Å². The summed E-state index contributed by atoms with van der Waals surface area (Å²) in [5.41, 5.74) is 2.39. The molecule has 2 aliphatic rings. The molecule has 2 aliphatic carbocycles. The number of hydrogen-bond donors (Lipinski definition) is 0. The standard InChI is InChI=1S/C22H32N2O4/c1-6-23-14(3)18(13(2)19(23)22(27)28-5)20(25)15(4)24(17-11-12-17)21(26)16-9-7-8-10-16/h15-17H,6-12H2,1-5H3. The lowest BCUT2D eigenvalue weighted by Crippen LogP contribution is -2.47. The smallest absolute Gasteiger partial charge is 0.354 e. The molecule has 1 amide bonds. The second kappa shape index (κ2) is 8.10. The molecule has 3 rings (SSSR count). The maximum Gasteiger partial charge on any atom is 0.354 e. The first kappa shape index (κ1) is 20.6. The molecule has 28 heavy (non-hydrogen) atoms. The van der Waals surface area contributed by atoms with E-state index in [0.717, 1.165) is 44.2 Å². The highest BCUT2D eigenvalue weighted by atomic mass is 16.5. The van der Waals surface area contributed by atoms with Gasteiger partial charge in [-0.05, 0) is 58.9 Å². The molecule has 1 aromatic rings. The van der Waals surface area contributed by atoms with Crippen molar-refractivity contribution in [3.63, 3.8) is 0 Å². The Morgan fingerprint density at radius 2 is 1.75 bits per heavy atom. The van der Waals surface area contributed by atoms with Gasteiger partial charge in [-0.1, -0.05) is 12.8 Å². The van der Waals surface area contributed by atoms with Gasteiger partial charge in [-0.15, -0.1) is 0 Å². The van der Waals surface area contributed by atoms with Crippen LogP contribution in [0.3, 0.4) is 0 Å². The lowest BCUT2D eigenvalue weighted by atomic mass is 9.98. The molecule has 0 aromatic carbocycles. The van der Waals surface area contributed by atoms with Crippen molar-refractivity contribution in [1.82, 2.24) is 9.47 Å². The van der Waals surface area contributed by atoms with E-state index in [0.29, 0.717) is 23.4 Å². The van der Waals surface area contributed by atoms with Gasteiger partial charge in [-0.25, -0.2) is 4.79 Å². The summed E-state index contributed by atoms with van der Waals surface area (Å²) in [6.45, 7) is 8.02. The van der Waals surface area contributed by atoms with Crippen molar-refractivity contribution < 1.29 is 19.1 Å². The topological polar surface area (TPSA) is 68.6 Å². The first-order valence-electron chi connectivity index (χ1n) is 10.5. The van der Waals surface area contributed by atoms with Gasteiger partial charge in [0.2, 0.25) is 5.91 Å². The number of Topliss-reactive ketones (excluding diaryl/α,β-unsaturated/α-hetero) is 1. The number of hydrogen-bond acceptors (Lipinski definition) is 4. The van der Waals surface area contributed by atoms with E-state index >= 15 is 0 Å². The molecule has 0 N–H and O–H groups in total. The Balaban J connectivity index is 1.95. The molecule has 1 aromatic heterocycles. The minimum absolute atomic E-state index is 0.0592. The third-order valence-electron chi connectivity index (χ3n) is 6.40. The second-order valence-electron chi connectivity index (χ2n) is 8.17. The number of nitrogens with zero attached hydrogens (tertiary/aromatic N) is 2. The zero-order valence-electron chi connectivity index (χ0n) is 17.7. The van der Waals surface area contributed by atoms with Gasteiger partial charge in [-0.3, -0.25) is 9.59 Å². The number of ketones is 1. The second-order valence-corrected chi connectivity index (χ2v) is 8.17. The quantitative estimate of drug-likeness (QED) is 0.528. The monoisotopic (exact) mass is 388 g/mol. The first-order chi connectivity index (χ1) is 13.3. The van der Waals surface area contributed by atoms with E-state index < -0.39 is 12.0 Å². The Kier molecular flexibility index (Phi) is 5.96. The first-order valence-corrected chi connectivity index (χ1v) is 10.5. The molecule has 0 radical (unpaired) electrons. The van der Waals surface area contributed by atoms with Gasteiger partial charge in [0.05, 0.1) is 13.2 Å². The number of carbonyl (C=O) groups is 3. The molecule has 1 unspecified atom stereocenters. The molecular weight excluding hydrogens is 356 g/mol. The molecule has 0 saturated heterocycles. The van der Waals surface area contributed by atoms with Gasteiger partial charge in [0.1, 0.15) is 5.69 Å². The molecule has 0 aliphatic heterocycles. The molecule has 6 nitrogen and oxygen atoms in total. The van der Waals surface area contributed by atoms with Gasteiger partial charge < -0.3 is 14.2 Å². The Hall–Kier alpha value is -2.11. The van der Waals surface area contributed by atoms with Crippen LogP contribution in [0.15, 0.2) is 0 Å². The average Bonchev–Trinajstić information content (AvgIpc) is 3.27. The number of ether oxygens (including phenoxy) is 1. The maximum atomic E-state index is 13.5. The van der Waals surface area contributed by atoms with E-state index in [1.165, 1.54) is 7.11 Å². The predicted octanol–water partition coefficient (Wildman–Crippen LogP) is 3.66. The van der Waals surface area contributed by atoms with Crippen LogP contribution in [0, 0.1) is 19.8 Å². The number of aromatic nitrogens is 1. The fourth-order valence-corrected chi connectivity index (χ4v) is 4.77. The maximum absolute atomic E-state index is 13.5. The number of methoxy groups -OCH3 is 1. The van der Waals surface area contributed by atoms with Crippen LogP contribution in [0.25, 0.3) is 0 Å². The zero-order chi connectivity index (χ0) is 20.6. The van der Waals surface area contributed by atoms with E-state index in [-0.39, 0.29) is 23.7 Å². The van der Waals surface area contributed by atoms with Gasteiger partial charge in [0.25, 0.3) is 0 Å². The number of carbonyl (C=O) groups excluding carboxylic acids is 3. The van der Waals surface area contributed by atoms with Crippen molar-refractivity contribution in [3.8, 4) is 0 Å². The summed E-state index contributed by atoms with van der Waals surface area (Å²) in [6, 6.07) is -0.336. The van der Waals surface area contributed by atoms with Crippen LogP contribution in [0.5, 0.6) is 0 Å². The fourth-order valence-electron chi connectivity index (χ4n) is 4.77. The summed E-state index contributed by atoms with van der Waals surface area (Å²) >= 11 is 0. The number of rotatable bonds is 7. The van der Waals surface area contributed by atoms with Crippen LogP contribution in [-0.2, 0) is 16.1 Å². The Morgan fingerprint density at radius 3 is 2.25 bits per heavy atom. The third kappa shape index (κ3) is 3.49. The number of esters is 1. The molecule has 154 valence electrons. The van der Waals surface area contributed by atoms with Crippen molar-refractivity contribution in [2.75, 3.05) is 7.11 Å². The molecule has 1 atom stereocenters. The van der Waals surface area contributed by atoms with Crippen molar-refractivity contribution >= 4 is 17.7 Å². The minimum Gasteiger partial charge on any atom is -0.464 e. The van der Waals surface area contributed by atoms with E-state index in [1.54, 1.807) is 6.92 Å². The van der Waals surface area contributed by atoms with E-state index in [1.807, 2.05) is 30.2 Å². The molecule has 2 fully saturated rings. The fraction of sp³-hybridized carbons (Fsp3) is 0.682. The van der Waals surface area contributed by atoms with Gasteiger partial charge >= 0.3 is 5.97 Å². The SMILES string of the molecule is CCn1c(C)c(C(=O)C(C)N(C(=O)C2CCCC2)C2CC2)c(C)c1C(=O)OC.